The summed E-state index contributed by atoms with van der Waals surface area (Å²) in [6.07, 6.45) is 4.12. The van der Waals surface area contributed by atoms with Gasteiger partial charge in [-0.2, -0.15) is 0 Å². The molecule has 2 aromatic carbocycles. The van der Waals surface area contributed by atoms with Crippen LogP contribution in [0.25, 0.3) is 0 Å². The van der Waals surface area contributed by atoms with Crippen molar-refractivity contribution in [1.29, 1.82) is 0 Å². The first-order chi connectivity index (χ1) is 15.2. The molecule has 0 aliphatic carbocycles. The van der Waals surface area contributed by atoms with E-state index in [0.717, 1.165) is 43.6 Å². The number of carbonyl (C=O) groups excluding carboxylic acids is 1. The molecule has 1 aliphatic heterocycles. The van der Waals surface area contributed by atoms with Gasteiger partial charge in [-0.05, 0) is 43.2 Å². The predicted octanol–water partition coefficient (Wildman–Crippen LogP) is 4.26. The normalized spacial score (nSPS) is 13.1. The molecule has 1 aliphatic rings. The topological polar surface area (TPSA) is 81.5 Å². The Labute approximate surface area is 181 Å². The summed E-state index contributed by atoms with van der Waals surface area (Å²) in [5.74, 6) is 2.83. The van der Waals surface area contributed by atoms with Crippen molar-refractivity contribution in [2.75, 3.05) is 24.4 Å². The Bertz CT molecular complexity index is 1030. The number of nitrogens with one attached hydrogen (secondary N) is 1. The number of aromatic nitrogens is 3. The lowest BCUT2D eigenvalue weighted by molar-refractivity contribution is 0.256. The lowest BCUT2D eigenvalue weighted by Gasteiger charge is -2.24. The van der Waals surface area contributed by atoms with Crippen LogP contribution in [-0.4, -0.2) is 35.0 Å². The van der Waals surface area contributed by atoms with Gasteiger partial charge < -0.3 is 14.8 Å². The fraction of sp³-hybridized carbons (Fsp3) is 0.348. The van der Waals surface area contributed by atoms with Gasteiger partial charge in [-0.1, -0.05) is 24.6 Å². The second-order valence-electron chi connectivity index (χ2n) is 7.44. The van der Waals surface area contributed by atoms with Gasteiger partial charge in [0.1, 0.15) is 17.3 Å². The highest BCUT2D eigenvalue weighted by atomic mass is 16.5. The molecule has 0 radical (unpaired) electrons. The van der Waals surface area contributed by atoms with E-state index in [1.165, 1.54) is 0 Å². The molecular weight excluding hydrogens is 394 g/mol. The monoisotopic (exact) mass is 421 g/mol. The molecule has 8 nitrogen and oxygen atoms in total. The molecule has 0 unspecified atom stereocenters. The zero-order valence-electron chi connectivity index (χ0n) is 17.9. The van der Waals surface area contributed by atoms with Crippen LogP contribution in [0.5, 0.6) is 11.5 Å². The molecule has 8 heteroatoms. The van der Waals surface area contributed by atoms with Gasteiger partial charge in [-0.25, -0.2) is 4.79 Å². The van der Waals surface area contributed by atoms with Gasteiger partial charge in [-0.3, -0.25) is 9.47 Å². The van der Waals surface area contributed by atoms with E-state index in [1.807, 2.05) is 48.5 Å². The Kier molecular flexibility index (Phi) is 6.35. The lowest BCUT2D eigenvalue weighted by Crippen LogP contribution is -2.36. The van der Waals surface area contributed by atoms with Crippen molar-refractivity contribution in [3.63, 3.8) is 0 Å². The number of aryl methyl sites for hydroxylation is 1. The number of rotatable bonds is 6. The number of urea groups is 1. The molecule has 0 saturated heterocycles. The van der Waals surface area contributed by atoms with Gasteiger partial charge in [0.15, 0.2) is 0 Å². The van der Waals surface area contributed by atoms with E-state index >= 15 is 0 Å². The van der Waals surface area contributed by atoms with Gasteiger partial charge in [0.2, 0.25) is 5.95 Å². The first kappa shape index (κ1) is 20.7. The number of benzene rings is 2. The Morgan fingerprint density at radius 3 is 2.68 bits per heavy atom. The molecule has 0 saturated carbocycles. The van der Waals surface area contributed by atoms with Gasteiger partial charge in [-0.15, -0.1) is 10.2 Å². The summed E-state index contributed by atoms with van der Waals surface area (Å²) in [4.78, 5) is 15.0. The third-order valence-corrected chi connectivity index (χ3v) is 5.42. The van der Waals surface area contributed by atoms with Crippen molar-refractivity contribution in [2.45, 2.75) is 38.8 Å². The molecule has 2 amide bonds. The van der Waals surface area contributed by atoms with Crippen LogP contribution in [0.3, 0.4) is 0 Å². The van der Waals surface area contributed by atoms with Gasteiger partial charge in [0.25, 0.3) is 0 Å². The molecular formula is C23H27N5O3. The third-order valence-electron chi connectivity index (χ3n) is 5.42. The van der Waals surface area contributed by atoms with E-state index < -0.39 is 0 Å². The van der Waals surface area contributed by atoms with Gasteiger partial charge in [0, 0.05) is 24.2 Å². The second kappa shape index (κ2) is 9.51. The maximum Gasteiger partial charge on any atom is 0.329 e. The molecule has 0 atom stereocenters. The predicted molar refractivity (Wildman–Crippen MR) is 119 cm³/mol. The Hall–Kier alpha value is -3.55. The summed E-state index contributed by atoms with van der Waals surface area (Å²) in [6.45, 7) is 1.05. The van der Waals surface area contributed by atoms with E-state index in [0.29, 0.717) is 23.1 Å². The van der Waals surface area contributed by atoms with Crippen LogP contribution in [0.1, 0.15) is 30.7 Å². The molecule has 31 heavy (non-hydrogen) atoms. The van der Waals surface area contributed by atoms with Crippen LogP contribution in [0.4, 0.5) is 16.4 Å². The molecule has 162 valence electrons. The van der Waals surface area contributed by atoms with E-state index in [9.17, 15) is 4.79 Å². The molecule has 1 aromatic heterocycles. The van der Waals surface area contributed by atoms with E-state index in [2.05, 4.69) is 20.1 Å². The van der Waals surface area contributed by atoms with Crippen LogP contribution >= 0.6 is 0 Å². The molecule has 4 rings (SSSR count). The summed E-state index contributed by atoms with van der Waals surface area (Å²) >= 11 is 0. The summed E-state index contributed by atoms with van der Waals surface area (Å²) in [7, 11) is 3.23. The summed E-state index contributed by atoms with van der Waals surface area (Å²) in [5, 5.41) is 11.8. The van der Waals surface area contributed by atoms with E-state index in [4.69, 9.17) is 9.47 Å². The summed E-state index contributed by atoms with van der Waals surface area (Å²) < 4.78 is 13.0. The largest absolute Gasteiger partial charge is 0.497 e. The number of carbonyl (C=O) groups is 1. The molecule has 0 bridgehead atoms. The first-order valence-electron chi connectivity index (χ1n) is 10.5. The smallest absolute Gasteiger partial charge is 0.329 e. The average Bonchev–Trinajstić information content (AvgIpc) is 3.04. The van der Waals surface area contributed by atoms with Crippen molar-refractivity contribution in [2.24, 2.45) is 0 Å². The van der Waals surface area contributed by atoms with Gasteiger partial charge in [0.05, 0.1) is 20.8 Å². The van der Waals surface area contributed by atoms with Crippen molar-refractivity contribution in [3.05, 3.63) is 59.9 Å². The number of anilines is 2. The minimum atomic E-state index is -0.282. The number of fused-ring (bicyclic) bond motifs is 1. The van der Waals surface area contributed by atoms with Crippen molar-refractivity contribution < 1.29 is 14.3 Å². The van der Waals surface area contributed by atoms with Crippen molar-refractivity contribution >= 4 is 17.7 Å². The minimum absolute atomic E-state index is 0.261. The molecule has 3 aromatic rings. The average molecular weight is 422 g/mol. The quantitative estimate of drug-likeness (QED) is 0.643. The number of para-hydroxylation sites is 1. The lowest BCUT2D eigenvalue weighted by atomic mass is 10.1. The van der Waals surface area contributed by atoms with Crippen LogP contribution in [0, 0.1) is 0 Å². The number of amides is 2. The highest BCUT2D eigenvalue weighted by Gasteiger charge is 2.26. The maximum atomic E-state index is 13.4. The number of hydrogen-bond acceptors (Lipinski definition) is 5. The molecule has 0 spiro atoms. The molecule has 1 N–H and O–H groups in total. The zero-order valence-corrected chi connectivity index (χ0v) is 17.9. The van der Waals surface area contributed by atoms with E-state index in [1.54, 1.807) is 19.1 Å². The number of hydrogen-bond donors (Lipinski definition) is 1. The van der Waals surface area contributed by atoms with Crippen molar-refractivity contribution in [1.82, 2.24) is 14.8 Å². The van der Waals surface area contributed by atoms with Crippen LogP contribution in [0.2, 0.25) is 0 Å². The second-order valence-corrected chi connectivity index (χ2v) is 7.44. The fourth-order valence-electron chi connectivity index (χ4n) is 3.79. The fourth-order valence-corrected chi connectivity index (χ4v) is 3.79. The Morgan fingerprint density at radius 1 is 1.06 bits per heavy atom. The van der Waals surface area contributed by atoms with Crippen molar-refractivity contribution in [3.8, 4) is 11.5 Å². The number of ether oxygens (including phenoxy) is 2. The summed E-state index contributed by atoms with van der Waals surface area (Å²) in [5.41, 5.74) is 1.53. The maximum absolute atomic E-state index is 13.4. The summed E-state index contributed by atoms with van der Waals surface area (Å²) in [6, 6.07) is 14.6. The SMILES string of the molecule is COc1ccc(OC)c(CN(C(=O)Nc2ccccc2)c2nnc3n2CCCCC3)c1. The van der Waals surface area contributed by atoms with E-state index in [-0.39, 0.29) is 12.6 Å². The minimum Gasteiger partial charge on any atom is -0.497 e. The van der Waals surface area contributed by atoms with Crippen LogP contribution in [-0.2, 0) is 19.5 Å². The third kappa shape index (κ3) is 4.63. The standard InChI is InChI=1S/C23H27N5O3/c1-30-19-12-13-20(31-2)17(15-19)16-28(23(29)24-18-9-5-3-6-10-18)22-26-25-21-11-7-4-8-14-27(21)22/h3,5-6,9-10,12-13,15H,4,7-8,11,14,16H2,1-2H3,(H,24,29). The highest BCUT2D eigenvalue weighted by molar-refractivity contribution is 6.00. The molecule has 0 fully saturated rings. The molecule has 2 heterocycles. The first-order valence-corrected chi connectivity index (χ1v) is 10.5. The zero-order chi connectivity index (χ0) is 21.6. The number of methoxy groups -OCH3 is 2. The Balaban J connectivity index is 1.71. The highest BCUT2D eigenvalue weighted by Crippen LogP contribution is 2.28. The van der Waals surface area contributed by atoms with Crippen LogP contribution < -0.4 is 19.7 Å². The Morgan fingerprint density at radius 2 is 1.90 bits per heavy atom. The van der Waals surface area contributed by atoms with Gasteiger partial charge >= 0.3 is 6.03 Å². The van der Waals surface area contributed by atoms with Crippen LogP contribution in [0.15, 0.2) is 48.5 Å². The number of nitrogens with zero attached hydrogens (tertiary/aromatic N) is 4.